The Hall–Kier alpha value is -1.93. The lowest BCUT2D eigenvalue weighted by Gasteiger charge is -2.20. The van der Waals surface area contributed by atoms with Crippen LogP contribution in [0.2, 0.25) is 0 Å². The molecule has 0 spiro atoms. The highest BCUT2D eigenvalue weighted by Gasteiger charge is 2.28. The summed E-state index contributed by atoms with van der Waals surface area (Å²) in [5, 5.41) is 0. The van der Waals surface area contributed by atoms with E-state index in [0.29, 0.717) is 5.69 Å². The van der Waals surface area contributed by atoms with Crippen LogP contribution in [0.5, 0.6) is 0 Å². The molecule has 0 aromatic heterocycles. The number of benzene rings is 2. The summed E-state index contributed by atoms with van der Waals surface area (Å²) < 4.78 is 45.4. The first-order valence-corrected chi connectivity index (χ1v) is 9.04. The number of halogens is 2. The van der Waals surface area contributed by atoms with E-state index in [1.807, 2.05) is 6.92 Å². The van der Waals surface area contributed by atoms with E-state index in [1.54, 1.807) is 24.3 Å². The number of aryl methyl sites for hydroxylation is 1. The maximum Gasteiger partial charge on any atom is 0.339 e. The quantitative estimate of drug-likeness (QED) is 0.716. The zero-order valence-corrected chi connectivity index (χ0v) is 15.6. The molecule has 2 aromatic rings. The monoisotopic (exact) mass is 415 g/mol. The number of esters is 1. The largest absolute Gasteiger partial charge is 0.465 e. The molecule has 0 aliphatic carbocycles. The molecule has 0 N–H and O–H groups in total. The molecule has 0 amide bonds. The van der Waals surface area contributed by atoms with Crippen LogP contribution in [0.4, 0.5) is 10.1 Å². The van der Waals surface area contributed by atoms with Gasteiger partial charge in [0.25, 0.3) is 10.0 Å². The third kappa shape index (κ3) is 3.44. The number of nitrogens with zero attached hydrogens (tertiary/aromatic N) is 1. The average Bonchev–Trinajstić information content (AvgIpc) is 2.54. The molecule has 2 aromatic carbocycles. The van der Waals surface area contributed by atoms with Crippen LogP contribution in [0.3, 0.4) is 0 Å². The second kappa shape index (κ2) is 6.90. The van der Waals surface area contributed by atoms with E-state index in [0.717, 1.165) is 29.1 Å². The topological polar surface area (TPSA) is 63.7 Å². The van der Waals surface area contributed by atoms with Gasteiger partial charge in [-0.15, -0.1) is 0 Å². The molecule has 0 fully saturated rings. The summed E-state index contributed by atoms with van der Waals surface area (Å²) in [7, 11) is -1.71. The molecule has 0 unspecified atom stereocenters. The van der Waals surface area contributed by atoms with Crippen molar-refractivity contribution >= 4 is 37.6 Å². The Kier molecular flexibility index (Phi) is 5.29. The predicted molar refractivity (Wildman–Crippen MR) is 92.2 cm³/mol. The minimum atomic E-state index is -4.19. The van der Waals surface area contributed by atoms with Gasteiger partial charge in [0.15, 0.2) is 0 Å². The van der Waals surface area contributed by atoms with E-state index in [4.69, 9.17) is 0 Å². The van der Waals surface area contributed by atoms with Gasteiger partial charge in [-0.2, -0.15) is 0 Å². The second-order valence-corrected chi connectivity index (χ2v) is 7.85. The van der Waals surface area contributed by atoms with Gasteiger partial charge in [0.1, 0.15) is 10.7 Å². The molecule has 24 heavy (non-hydrogen) atoms. The molecule has 0 atom stereocenters. The molecule has 0 saturated carbocycles. The Labute approximate surface area is 148 Å². The van der Waals surface area contributed by atoms with Crippen LogP contribution in [-0.2, 0) is 14.8 Å². The van der Waals surface area contributed by atoms with Crippen LogP contribution >= 0.6 is 15.9 Å². The molecule has 0 aliphatic rings. The van der Waals surface area contributed by atoms with Gasteiger partial charge in [0, 0.05) is 11.5 Å². The van der Waals surface area contributed by atoms with Crippen molar-refractivity contribution in [3.05, 3.63) is 57.8 Å². The van der Waals surface area contributed by atoms with E-state index in [9.17, 15) is 17.6 Å². The highest BCUT2D eigenvalue weighted by molar-refractivity contribution is 9.10. The standard InChI is InChI=1S/C16H15BrFNO4S/c1-10-4-6-11(7-5-10)19(2)24(21,22)15-8-12(16(20)23-3)13(17)9-14(15)18/h4-9H,1-3H3. The van der Waals surface area contributed by atoms with Crippen molar-refractivity contribution in [2.75, 3.05) is 18.5 Å². The van der Waals surface area contributed by atoms with Crippen LogP contribution in [0.1, 0.15) is 15.9 Å². The minimum absolute atomic E-state index is 0.0743. The highest BCUT2D eigenvalue weighted by Crippen LogP contribution is 2.29. The number of carbonyl (C=O) groups is 1. The Morgan fingerprint density at radius 1 is 1.21 bits per heavy atom. The Morgan fingerprint density at radius 3 is 2.33 bits per heavy atom. The molecule has 0 radical (unpaired) electrons. The second-order valence-electron chi connectivity index (χ2n) is 5.06. The molecule has 0 bridgehead atoms. The van der Waals surface area contributed by atoms with Gasteiger partial charge >= 0.3 is 5.97 Å². The van der Waals surface area contributed by atoms with Crippen LogP contribution in [0, 0.1) is 12.7 Å². The smallest absolute Gasteiger partial charge is 0.339 e. The number of anilines is 1. The highest BCUT2D eigenvalue weighted by atomic mass is 79.9. The number of hydrogen-bond donors (Lipinski definition) is 0. The lowest BCUT2D eigenvalue weighted by molar-refractivity contribution is 0.0599. The summed E-state index contributed by atoms with van der Waals surface area (Å²) in [4.78, 5) is 11.1. The van der Waals surface area contributed by atoms with E-state index in [2.05, 4.69) is 20.7 Å². The zero-order valence-electron chi connectivity index (χ0n) is 13.2. The Bertz CT molecular complexity index is 882. The fraction of sp³-hybridized carbons (Fsp3) is 0.188. The third-order valence-electron chi connectivity index (χ3n) is 3.46. The maximum absolute atomic E-state index is 14.2. The van der Waals surface area contributed by atoms with Crippen LogP contribution in [0.25, 0.3) is 0 Å². The summed E-state index contributed by atoms with van der Waals surface area (Å²) in [6.07, 6.45) is 0. The van der Waals surface area contributed by atoms with Gasteiger partial charge in [0.05, 0.1) is 18.4 Å². The van der Waals surface area contributed by atoms with Crippen LogP contribution < -0.4 is 4.31 Å². The van der Waals surface area contributed by atoms with Crippen molar-refractivity contribution in [2.24, 2.45) is 0 Å². The summed E-state index contributed by atoms with van der Waals surface area (Å²) in [6, 6.07) is 8.63. The molecular formula is C16H15BrFNO4S. The normalized spacial score (nSPS) is 11.2. The fourth-order valence-electron chi connectivity index (χ4n) is 2.03. The summed E-state index contributed by atoms with van der Waals surface area (Å²) in [5.41, 5.74) is 1.27. The fourth-order valence-corrected chi connectivity index (χ4v) is 3.78. The van der Waals surface area contributed by atoms with Gasteiger partial charge < -0.3 is 4.74 Å². The molecule has 0 heterocycles. The first kappa shape index (κ1) is 18.4. The van der Waals surface area contributed by atoms with Crippen molar-refractivity contribution in [2.45, 2.75) is 11.8 Å². The summed E-state index contributed by atoms with van der Waals surface area (Å²) in [6.45, 7) is 1.87. The molecule has 0 saturated heterocycles. The molecule has 8 heteroatoms. The lowest BCUT2D eigenvalue weighted by atomic mass is 10.2. The van der Waals surface area contributed by atoms with Crippen molar-refractivity contribution in [3.63, 3.8) is 0 Å². The molecular weight excluding hydrogens is 401 g/mol. The maximum atomic E-state index is 14.2. The molecule has 128 valence electrons. The van der Waals surface area contributed by atoms with Crippen LogP contribution in [0.15, 0.2) is 45.8 Å². The third-order valence-corrected chi connectivity index (χ3v) is 5.92. The van der Waals surface area contributed by atoms with Crippen molar-refractivity contribution in [1.82, 2.24) is 0 Å². The zero-order chi connectivity index (χ0) is 18.1. The number of rotatable bonds is 4. The lowest BCUT2D eigenvalue weighted by Crippen LogP contribution is -2.27. The van der Waals surface area contributed by atoms with Gasteiger partial charge in [0.2, 0.25) is 0 Å². The molecule has 0 aliphatic heterocycles. The van der Waals surface area contributed by atoms with Crippen molar-refractivity contribution < 1.29 is 22.3 Å². The minimum Gasteiger partial charge on any atom is -0.465 e. The van der Waals surface area contributed by atoms with E-state index in [-0.39, 0.29) is 10.0 Å². The summed E-state index contributed by atoms with van der Waals surface area (Å²) >= 11 is 3.03. The van der Waals surface area contributed by atoms with Crippen molar-refractivity contribution in [3.8, 4) is 0 Å². The number of sulfonamides is 1. The Morgan fingerprint density at radius 2 is 1.79 bits per heavy atom. The van der Waals surface area contributed by atoms with Gasteiger partial charge in [-0.1, -0.05) is 17.7 Å². The van der Waals surface area contributed by atoms with Gasteiger partial charge in [-0.3, -0.25) is 4.31 Å². The first-order chi connectivity index (χ1) is 11.2. The molecule has 2 rings (SSSR count). The number of carbonyl (C=O) groups excluding carboxylic acids is 1. The number of hydrogen-bond acceptors (Lipinski definition) is 4. The van der Waals surface area contributed by atoms with Gasteiger partial charge in [-0.25, -0.2) is 17.6 Å². The number of methoxy groups -OCH3 is 1. The molecule has 5 nitrogen and oxygen atoms in total. The van der Waals surface area contributed by atoms with E-state index < -0.39 is 26.7 Å². The first-order valence-electron chi connectivity index (χ1n) is 6.81. The average molecular weight is 416 g/mol. The van der Waals surface area contributed by atoms with Crippen LogP contribution in [-0.4, -0.2) is 28.5 Å². The van der Waals surface area contributed by atoms with Crippen molar-refractivity contribution in [1.29, 1.82) is 0 Å². The van der Waals surface area contributed by atoms with E-state index >= 15 is 0 Å². The Balaban J connectivity index is 2.56. The SMILES string of the molecule is COC(=O)c1cc(S(=O)(=O)N(C)c2ccc(C)cc2)c(F)cc1Br. The van der Waals surface area contributed by atoms with E-state index in [1.165, 1.54) is 7.05 Å². The predicted octanol–water partition coefficient (Wildman–Crippen LogP) is 3.51. The number of ether oxygens (including phenoxy) is 1. The summed E-state index contributed by atoms with van der Waals surface area (Å²) in [5.74, 6) is -1.73. The van der Waals surface area contributed by atoms with Gasteiger partial charge in [-0.05, 0) is 47.1 Å².